The lowest BCUT2D eigenvalue weighted by molar-refractivity contribution is -0.148. The number of esters is 1. The van der Waals surface area contributed by atoms with Crippen molar-refractivity contribution < 1.29 is 23.8 Å². The van der Waals surface area contributed by atoms with Gasteiger partial charge in [0.2, 0.25) is 0 Å². The molecule has 0 bridgehead atoms. The molecule has 0 heterocycles. The average molecular weight is 383 g/mol. The van der Waals surface area contributed by atoms with Gasteiger partial charge in [-0.2, -0.15) is 0 Å². The molecule has 0 unspecified atom stereocenters. The van der Waals surface area contributed by atoms with Crippen molar-refractivity contribution in [1.29, 1.82) is 0 Å². The molecule has 1 amide bonds. The van der Waals surface area contributed by atoms with Gasteiger partial charge in [0.15, 0.2) is 6.10 Å². The number of ether oxygens (including phenoxy) is 3. The number of carbonyl (C=O) groups excluding carboxylic acids is 2. The lowest BCUT2D eigenvalue weighted by atomic mass is 10.1. The van der Waals surface area contributed by atoms with Gasteiger partial charge >= 0.3 is 5.97 Å². The maximum atomic E-state index is 12.3. The fraction of sp³-hybridized carbons (Fsp3) is 0.273. The lowest BCUT2D eigenvalue weighted by Gasteiger charge is -2.14. The van der Waals surface area contributed by atoms with Crippen LogP contribution in [-0.4, -0.2) is 32.2 Å². The number of methoxy groups -OCH3 is 2. The Morgan fingerprint density at radius 2 is 1.79 bits per heavy atom. The second-order valence-corrected chi connectivity index (χ2v) is 6.33. The molecule has 0 aliphatic rings. The number of benzene rings is 2. The summed E-state index contributed by atoms with van der Waals surface area (Å²) in [5.74, 6) is 0.191. The summed E-state index contributed by atoms with van der Waals surface area (Å²) < 4.78 is 15.6. The number of aryl methyl sites for hydroxylation is 2. The summed E-state index contributed by atoms with van der Waals surface area (Å²) >= 11 is 0. The molecule has 6 nitrogen and oxygen atoms in total. The number of hydrogen-bond acceptors (Lipinski definition) is 5. The standard InChI is InChI=1S/C22H25NO5/c1-14-6-7-15(2)19(12-14)23-22(25)16(3)28-21(24)11-9-17-8-10-18(26-4)13-20(17)27-5/h6-13,16H,1-5H3,(H,23,25)/b11-9+/t16-/m0/s1. The largest absolute Gasteiger partial charge is 0.497 e. The molecule has 2 aromatic carbocycles. The molecule has 0 aromatic heterocycles. The fourth-order valence-corrected chi connectivity index (χ4v) is 2.49. The van der Waals surface area contributed by atoms with E-state index in [1.807, 2.05) is 32.0 Å². The summed E-state index contributed by atoms with van der Waals surface area (Å²) in [4.78, 5) is 24.4. The van der Waals surface area contributed by atoms with Gasteiger partial charge < -0.3 is 19.5 Å². The van der Waals surface area contributed by atoms with Gasteiger partial charge in [0, 0.05) is 23.4 Å². The van der Waals surface area contributed by atoms with E-state index in [0.29, 0.717) is 22.7 Å². The normalized spacial score (nSPS) is 11.8. The zero-order valence-corrected chi connectivity index (χ0v) is 16.7. The van der Waals surface area contributed by atoms with Crippen molar-refractivity contribution in [3.8, 4) is 11.5 Å². The van der Waals surface area contributed by atoms with E-state index in [0.717, 1.165) is 11.1 Å². The van der Waals surface area contributed by atoms with Crippen LogP contribution >= 0.6 is 0 Å². The van der Waals surface area contributed by atoms with Crippen LogP contribution in [0.3, 0.4) is 0 Å². The first-order chi connectivity index (χ1) is 13.3. The molecule has 0 aliphatic heterocycles. The Morgan fingerprint density at radius 1 is 1.04 bits per heavy atom. The molecule has 2 aromatic rings. The van der Waals surface area contributed by atoms with Gasteiger partial charge in [-0.3, -0.25) is 4.79 Å². The van der Waals surface area contributed by atoms with Crippen molar-refractivity contribution in [2.75, 3.05) is 19.5 Å². The van der Waals surface area contributed by atoms with E-state index < -0.39 is 18.0 Å². The zero-order valence-electron chi connectivity index (χ0n) is 16.7. The van der Waals surface area contributed by atoms with E-state index in [9.17, 15) is 9.59 Å². The SMILES string of the molecule is COc1ccc(/C=C/C(=O)O[C@@H](C)C(=O)Nc2cc(C)ccc2C)c(OC)c1. The minimum absolute atomic E-state index is 0.391. The molecule has 0 radical (unpaired) electrons. The Balaban J connectivity index is 1.99. The topological polar surface area (TPSA) is 73.9 Å². The molecule has 0 aliphatic carbocycles. The predicted molar refractivity (Wildman–Crippen MR) is 109 cm³/mol. The maximum Gasteiger partial charge on any atom is 0.331 e. The Labute approximate surface area is 165 Å². The molecule has 0 spiro atoms. The number of carbonyl (C=O) groups is 2. The van der Waals surface area contributed by atoms with Gasteiger partial charge in [0.1, 0.15) is 11.5 Å². The van der Waals surface area contributed by atoms with E-state index in [4.69, 9.17) is 14.2 Å². The van der Waals surface area contributed by atoms with E-state index in [1.165, 1.54) is 20.1 Å². The molecule has 148 valence electrons. The van der Waals surface area contributed by atoms with Crippen LogP contribution in [0.2, 0.25) is 0 Å². The van der Waals surface area contributed by atoms with Gasteiger partial charge in [-0.15, -0.1) is 0 Å². The molecule has 0 fully saturated rings. The highest BCUT2D eigenvalue weighted by atomic mass is 16.5. The first-order valence-electron chi connectivity index (χ1n) is 8.83. The maximum absolute atomic E-state index is 12.3. The zero-order chi connectivity index (χ0) is 20.7. The monoisotopic (exact) mass is 383 g/mol. The molecule has 6 heteroatoms. The summed E-state index contributed by atoms with van der Waals surface area (Å²) in [5, 5.41) is 2.79. The van der Waals surface area contributed by atoms with Crippen LogP contribution in [0.25, 0.3) is 6.08 Å². The van der Waals surface area contributed by atoms with Gasteiger partial charge in [0.05, 0.1) is 14.2 Å². The molecule has 1 N–H and O–H groups in total. The van der Waals surface area contributed by atoms with Crippen LogP contribution < -0.4 is 14.8 Å². The number of rotatable bonds is 7. The molecule has 2 rings (SSSR count). The van der Waals surface area contributed by atoms with Crippen LogP contribution in [0.5, 0.6) is 11.5 Å². The highest BCUT2D eigenvalue weighted by Crippen LogP contribution is 2.25. The third-order valence-corrected chi connectivity index (χ3v) is 4.15. The van der Waals surface area contributed by atoms with Crippen LogP contribution in [0.15, 0.2) is 42.5 Å². The Hall–Kier alpha value is -3.28. The van der Waals surface area contributed by atoms with Gasteiger partial charge in [-0.05, 0) is 56.2 Å². The molecular weight excluding hydrogens is 358 g/mol. The minimum Gasteiger partial charge on any atom is -0.497 e. The smallest absolute Gasteiger partial charge is 0.331 e. The summed E-state index contributed by atoms with van der Waals surface area (Å²) in [6.45, 7) is 5.37. The quantitative estimate of drug-likeness (QED) is 0.580. The lowest BCUT2D eigenvalue weighted by Crippen LogP contribution is -2.29. The van der Waals surface area contributed by atoms with Crippen molar-refractivity contribution in [1.82, 2.24) is 0 Å². The van der Waals surface area contributed by atoms with Crippen molar-refractivity contribution in [3.05, 3.63) is 59.2 Å². The number of nitrogens with one attached hydrogen (secondary N) is 1. The molecule has 0 saturated heterocycles. The molecule has 0 saturated carbocycles. The van der Waals surface area contributed by atoms with E-state index in [-0.39, 0.29) is 0 Å². The summed E-state index contributed by atoms with van der Waals surface area (Å²) in [6, 6.07) is 11.0. The second kappa shape index (κ2) is 9.60. The first-order valence-corrected chi connectivity index (χ1v) is 8.83. The van der Waals surface area contributed by atoms with E-state index in [1.54, 1.807) is 31.4 Å². The van der Waals surface area contributed by atoms with E-state index in [2.05, 4.69) is 5.32 Å². The number of amides is 1. The molecular formula is C22H25NO5. The molecule has 28 heavy (non-hydrogen) atoms. The summed E-state index contributed by atoms with van der Waals surface area (Å²) in [5.41, 5.74) is 3.35. The van der Waals surface area contributed by atoms with Crippen molar-refractivity contribution in [2.24, 2.45) is 0 Å². The van der Waals surface area contributed by atoms with Crippen LogP contribution in [0, 0.1) is 13.8 Å². The minimum atomic E-state index is -0.935. The fourth-order valence-electron chi connectivity index (χ4n) is 2.49. The van der Waals surface area contributed by atoms with E-state index >= 15 is 0 Å². The Kier molecular flexibility index (Phi) is 7.21. The van der Waals surface area contributed by atoms with Gasteiger partial charge in [-0.25, -0.2) is 4.79 Å². The van der Waals surface area contributed by atoms with Crippen LogP contribution in [0.1, 0.15) is 23.6 Å². The Bertz CT molecular complexity index is 888. The predicted octanol–water partition coefficient (Wildman–Crippen LogP) is 3.90. The molecule has 1 atom stereocenters. The first kappa shape index (κ1) is 21.0. The van der Waals surface area contributed by atoms with Gasteiger partial charge in [0.25, 0.3) is 5.91 Å². The third kappa shape index (κ3) is 5.61. The average Bonchev–Trinajstić information content (AvgIpc) is 2.68. The van der Waals surface area contributed by atoms with Crippen molar-refractivity contribution in [3.63, 3.8) is 0 Å². The van der Waals surface area contributed by atoms with Crippen LogP contribution in [0.4, 0.5) is 5.69 Å². The third-order valence-electron chi connectivity index (χ3n) is 4.15. The van der Waals surface area contributed by atoms with Crippen molar-refractivity contribution >= 4 is 23.6 Å². The van der Waals surface area contributed by atoms with Gasteiger partial charge in [-0.1, -0.05) is 12.1 Å². The number of anilines is 1. The second-order valence-electron chi connectivity index (χ2n) is 6.33. The summed E-state index contributed by atoms with van der Waals surface area (Å²) in [6.07, 6.45) is 1.89. The van der Waals surface area contributed by atoms with Crippen LogP contribution in [-0.2, 0) is 14.3 Å². The Morgan fingerprint density at radius 3 is 2.46 bits per heavy atom. The summed E-state index contributed by atoms with van der Waals surface area (Å²) in [7, 11) is 3.09. The highest BCUT2D eigenvalue weighted by molar-refractivity contribution is 5.97. The highest BCUT2D eigenvalue weighted by Gasteiger charge is 2.17. The number of hydrogen-bond donors (Lipinski definition) is 1. The van der Waals surface area contributed by atoms with Crippen molar-refractivity contribution in [2.45, 2.75) is 26.9 Å².